The predicted octanol–water partition coefficient (Wildman–Crippen LogP) is 1.35. The maximum Gasteiger partial charge on any atom is 0.408 e. The van der Waals surface area contributed by atoms with E-state index in [1.807, 2.05) is 0 Å². The summed E-state index contributed by atoms with van der Waals surface area (Å²) in [5.74, 6) is 0. The average molecular weight is 294 g/mol. The second-order valence-corrected chi connectivity index (χ2v) is 5.94. The third-order valence-corrected chi connectivity index (χ3v) is 2.61. The third-order valence-electron chi connectivity index (χ3n) is 2.61. The molecule has 0 spiro atoms. The van der Waals surface area contributed by atoms with Crippen molar-refractivity contribution in [2.24, 2.45) is 5.16 Å². The quantitative estimate of drug-likeness (QED) is 0.394. The van der Waals surface area contributed by atoms with Gasteiger partial charge in [-0.2, -0.15) is 0 Å². The first-order valence-electron chi connectivity index (χ1n) is 6.66. The zero-order chi connectivity index (χ0) is 17.0. The summed E-state index contributed by atoms with van der Waals surface area (Å²) in [6, 6.07) is 6.90. The molecule has 0 aromatic heterocycles. The van der Waals surface area contributed by atoms with Crippen molar-refractivity contribution in [3.63, 3.8) is 0 Å². The van der Waals surface area contributed by atoms with Gasteiger partial charge in [-0.05, 0) is 31.9 Å². The molecule has 1 amide bonds. The standard InChI is InChI=1S/C14H17B3N2O3/c1-13(2,3)22-12(20)19(14(15,16)17)9-11-6-4-10(5-7-11)8-18-21/h4-8,21H,9H2,1-3H3/b18-8+. The molecule has 0 saturated carbocycles. The van der Waals surface area contributed by atoms with E-state index in [2.05, 4.69) is 5.16 Å². The molecule has 0 aliphatic heterocycles. The Balaban J connectivity index is 2.92. The Morgan fingerprint density at radius 1 is 1.27 bits per heavy atom. The van der Waals surface area contributed by atoms with E-state index in [1.165, 1.54) is 6.21 Å². The molecule has 1 N–H and O–H groups in total. The van der Waals surface area contributed by atoms with Crippen molar-refractivity contribution in [2.45, 2.75) is 38.2 Å². The highest BCUT2D eigenvalue weighted by molar-refractivity contribution is 6.59. The largest absolute Gasteiger partial charge is 0.444 e. The van der Waals surface area contributed by atoms with E-state index >= 15 is 0 Å². The van der Waals surface area contributed by atoms with Crippen LogP contribution in [0.4, 0.5) is 4.79 Å². The fourth-order valence-electron chi connectivity index (χ4n) is 1.63. The molecule has 0 atom stereocenters. The summed E-state index contributed by atoms with van der Waals surface area (Å²) in [7, 11) is 17.0. The molecule has 0 unspecified atom stereocenters. The number of amides is 1. The lowest BCUT2D eigenvalue weighted by Crippen LogP contribution is -2.54. The number of carbonyl (C=O) groups excluding carboxylic acids is 1. The van der Waals surface area contributed by atoms with Crippen molar-refractivity contribution in [3.05, 3.63) is 35.4 Å². The highest BCUT2D eigenvalue weighted by Crippen LogP contribution is 2.17. The molecule has 1 aromatic carbocycles. The van der Waals surface area contributed by atoms with Gasteiger partial charge < -0.3 is 14.8 Å². The van der Waals surface area contributed by atoms with E-state index < -0.39 is 16.9 Å². The highest BCUT2D eigenvalue weighted by Gasteiger charge is 2.29. The zero-order valence-corrected chi connectivity index (χ0v) is 13.0. The van der Waals surface area contributed by atoms with Crippen LogP contribution in [0.1, 0.15) is 31.9 Å². The Kier molecular flexibility index (Phi) is 5.75. The minimum absolute atomic E-state index is 0.0783. The number of ether oxygens (including phenoxy) is 1. The van der Waals surface area contributed by atoms with Gasteiger partial charge in [-0.3, -0.25) is 0 Å². The molecule has 0 aliphatic carbocycles. The molecule has 6 radical (unpaired) electrons. The van der Waals surface area contributed by atoms with Gasteiger partial charge in [0.15, 0.2) is 0 Å². The number of rotatable bonds is 4. The van der Waals surface area contributed by atoms with Crippen LogP contribution in [0.5, 0.6) is 0 Å². The summed E-state index contributed by atoms with van der Waals surface area (Å²) in [5.41, 5.74) is 0.753. The van der Waals surface area contributed by atoms with Gasteiger partial charge in [0.2, 0.25) is 0 Å². The van der Waals surface area contributed by atoms with E-state index in [-0.39, 0.29) is 6.54 Å². The normalized spacial score (nSPS) is 12.3. The molecule has 110 valence electrons. The molecule has 1 aromatic rings. The lowest BCUT2D eigenvalue weighted by atomic mass is 9.48. The molecule has 0 bridgehead atoms. The number of carbonyl (C=O) groups is 1. The van der Waals surface area contributed by atoms with Crippen LogP contribution >= 0.6 is 0 Å². The van der Waals surface area contributed by atoms with Crippen molar-refractivity contribution >= 4 is 35.8 Å². The summed E-state index contributed by atoms with van der Waals surface area (Å²) in [6.07, 6.45) is 0.579. The van der Waals surface area contributed by atoms with Crippen LogP contribution in [0.3, 0.4) is 0 Å². The van der Waals surface area contributed by atoms with E-state index in [1.54, 1.807) is 45.0 Å². The first kappa shape index (κ1) is 18.2. The van der Waals surface area contributed by atoms with Crippen LogP contribution in [0.2, 0.25) is 0 Å². The van der Waals surface area contributed by atoms with Gasteiger partial charge in [0.25, 0.3) is 0 Å². The molecule has 0 fully saturated rings. The fraction of sp³-hybridized carbons (Fsp3) is 0.429. The molecule has 0 saturated heterocycles. The van der Waals surface area contributed by atoms with E-state index in [9.17, 15) is 4.79 Å². The Hall–Kier alpha value is -1.85. The van der Waals surface area contributed by atoms with Gasteiger partial charge in [-0.1, -0.05) is 34.7 Å². The molecule has 8 heteroatoms. The van der Waals surface area contributed by atoms with Gasteiger partial charge in [0.1, 0.15) is 5.60 Å². The van der Waals surface area contributed by atoms with E-state index in [4.69, 9.17) is 33.5 Å². The highest BCUT2D eigenvalue weighted by atomic mass is 16.6. The smallest absolute Gasteiger partial charge is 0.408 e. The monoisotopic (exact) mass is 294 g/mol. The Morgan fingerprint density at radius 2 is 1.82 bits per heavy atom. The van der Waals surface area contributed by atoms with E-state index in [0.717, 1.165) is 10.5 Å². The van der Waals surface area contributed by atoms with Gasteiger partial charge >= 0.3 is 6.09 Å². The van der Waals surface area contributed by atoms with Crippen LogP contribution in [-0.2, 0) is 11.3 Å². The van der Waals surface area contributed by atoms with E-state index in [0.29, 0.717) is 5.56 Å². The first-order chi connectivity index (χ1) is 10.0. The van der Waals surface area contributed by atoms with Crippen LogP contribution in [0.15, 0.2) is 29.4 Å². The summed E-state index contributed by atoms with van der Waals surface area (Å²) in [5, 5.41) is 9.55. The third kappa shape index (κ3) is 5.88. The van der Waals surface area contributed by atoms with Crippen molar-refractivity contribution in [1.29, 1.82) is 0 Å². The predicted molar refractivity (Wildman–Crippen MR) is 87.6 cm³/mol. The SMILES string of the molecule is [B]C([B])([B])N(Cc1ccc(/C=N/O)cc1)C(=O)OC(C)(C)C. The number of hydrogen-bond donors (Lipinski definition) is 1. The Bertz CT molecular complexity index is 534. The van der Waals surface area contributed by atoms with Crippen molar-refractivity contribution in [1.82, 2.24) is 4.90 Å². The molecular weight excluding hydrogens is 277 g/mol. The zero-order valence-electron chi connectivity index (χ0n) is 13.0. The summed E-state index contributed by atoms with van der Waals surface area (Å²) in [6.45, 7) is 5.28. The average Bonchev–Trinajstić information content (AvgIpc) is 2.34. The maximum atomic E-state index is 12.2. The summed E-state index contributed by atoms with van der Waals surface area (Å²) in [4.78, 5) is 13.2. The number of nitrogens with zero attached hydrogens (tertiary/aromatic N) is 2. The summed E-state index contributed by atoms with van der Waals surface area (Å²) >= 11 is 0. The molecule has 22 heavy (non-hydrogen) atoms. The van der Waals surface area contributed by atoms with Gasteiger partial charge in [-0.25, -0.2) is 4.79 Å². The Morgan fingerprint density at radius 3 is 2.23 bits per heavy atom. The molecular formula is C14H17B3N2O3. The second kappa shape index (κ2) is 6.94. The Labute approximate surface area is 134 Å². The number of oxime groups is 1. The van der Waals surface area contributed by atoms with Gasteiger partial charge in [-0.15, -0.1) is 0 Å². The molecule has 1 rings (SSSR count). The van der Waals surface area contributed by atoms with Crippen LogP contribution < -0.4 is 0 Å². The summed E-state index contributed by atoms with van der Waals surface area (Å²) < 4.78 is 5.25. The van der Waals surface area contributed by atoms with Crippen LogP contribution in [0, 0.1) is 0 Å². The van der Waals surface area contributed by atoms with Crippen molar-refractivity contribution in [2.75, 3.05) is 0 Å². The lowest BCUT2D eigenvalue weighted by Gasteiger charge is -2.38. The van der Waals surface area contributed by atoms with Gasteiger partial charge in [0.05, 0.1) is 29.8 Å². The fourth-order valence-corrected chi connectivity index (χ4v) is 1.63. The lowest BCUT2D eigenvalue weighted by molar-refractivity contribution is 0.0225. The molecule has 0 heterocycles. The van der Waals surface area contributed by atoms with Gasteiger partial charge in [0, 0.05) is 6.54 Å². The number of hydrogen-bond acceptors (Lipinski definition) is 4. The van der Waals surface area contributed by atoms with Crippen LogP contribution in [0.25, 0.3) is 0 Å². The molecule has 0 aliphatic rings. The van der Waals surface area contributed by atoms with Crippen molar-refractivity contribution < 1.29 is 14.7 Å². The van der Waals surface area contributed by atoms with Crippen molar-refractivity contribution in [3.8, 4) is 0 Å². The maximum absolute atomic E-state index is 12.2. The number of benzene rings is 1. The minimum Gasteiger partial charge on any atom is -0.444 e. The van der Waals surface area contributed by atoms with Crippen LogP contribution in [-0.4, -0.2) is 56.8 Å². The minimum atomic E-state index is -1.85. The second-order valence-electron chi connectivity index (χ2n) is 5.94. The molecule has 5 nitrogen and oxygen atoms in total. The first-order valence-corrected chi connectivity index (χ1v) is 6.66. The topological polar surface area (TPSA) is 62.1 Å².